The summed E-state index contributed by atoms with van der Waals surface area (Å²) in [5.41, 5.74) is -0.155. The number of likely N-dealkylation sites (tertiary alicyclic amines) is 1. The quantitative estimate of drug-likeness (QED) is 0.723. The molecule has 1 fully saturated rings. The highest BCUT2D eigenvalue weighted by Gasteiger charge is 2.24. The highest BCUT2D eigenvalue weighted by molar-refractivity contribution is 7.16. The third-order valence-corrected chi connectivity index (χ3v) is 5.27. The lowest BCUT2D eigenvalue weighted by Crippen LogP contribution is -2.43. The zero-order valence-corrected chi connectivity index (χ0v) is 13.9. The van der Waals surface area contributed by atoms with Gasteiger partial charge in [0, 0.05) is 25.5 Å². The molecule has 0 aliphatic carbocycles. The van der Waals surface area contributed by atoms with Crippen molar-refractivity contribution in [2.75, 3.05) is 13.1 Å². The lowest BCUT2D eigenvalue weighted by atomic mass is 10.1. The minimum Gasteiger partial charge on any atom is -0.339 e. The SMILES string of the molecule is O=C(Cn1cnc2sccc2c1=O)N1CCC[C@H](n2ccnc2)C1. The average Bonchev–Trinajstić information content (AvgIpc) is 3.29. The number of imidazole rings is 1. The number of hydrogen-bond donors (Lipinski definition) is 0. The van der Waals surface area contributed by atoms with E-state index in [0.29, 0.717) is 16.8 Å². The van der Waals surface area contributed by atoms with E-state index in [1.54, 1.807) is 18.6 Å². The van der Waals surface area contributed by atoms with Crippen molar-refractivity contribution < 1.29 is 4.79 Å². The van der Waals surface area contributed by atoms with E-state index in [2.05, 4.69) is 9.97 Å². The van der Waals surface area contributed by atoms with Crippen LogP contribution in [0.3, 0.4) is 0 Å². The average molecular weight is 343 g/mol. The number of carbonyl (C=O) groups excluding carboxylic acids is 1. The van der Waals surface area contributed by atoms with Crippen molar-refractivity contribution in [3.05, 3.63) is 46.8 Å². The van der Waals surface area contributed by atoms with E-state index in [9.17, 15) is 9.59 Å². The standard InChI is InChI=1S/C16H17N5O2S/c22-14(9-21-11-18-15-13(16(21)23)3-7-24-15)19-5-1-2-12(8-19)20-6-4-17-10-20/h3-4,6-7,10-12H,1-2,5,8-9H2/t12-/m0/s1. The van der Waals surface area contributed by atoms with Gasteiger partial charge >= 0.3 is 0 Å². The molecule has 1 aliphatic heterocycles. The summed E-state index contributed by atoms with van der Waals surface area (Å²) in [7, 11) is 0. The van der Waals surface area contributed by atoms with Gasteiger partial charge in [0.1, 0.15) is 11.4 Å². The maximum Gasteiger partial charge on any atom is 0.262 e. The van der Waals surface area contributed by atoms with Crippen molar-refractivity contribution >= 4 is 27.5 Å². The number of rotatable bonds is 3. The molecule has 0 aromatic carbocycles. The van der Waals surface area contributed by atoms with Gasteiger partial charge < -0.3 is 9.47 Å². The molecule has 0 radical (unpaired) electrons. The van der Waals surface area contributed by atoms with Gasteiger partial charge in [0.15, 0.2) is 0 Å². The van der Waals surface area contributed by atoms with Crippen LogP contribution in [0.5, 0.6) is 0 Å². The van der Waals surface area contributed by atoms with Crippen LogP contribution in [0, 0.1) is 0 Å². The molecule has 0 N–H and O–H groups in total. The third kappa shape index (κ3) is 2.73. The molecule has 0 saturated carbocycles. The first-order chi connectivity index (χ1) is 11.7. The van der Waals surface area contributed by atoms with Crippen LogP contribution in [0.1, 0.15) is 18.9 Å². The zero-order chi connectivity index (χ0) is 16.5. The smallest absolute Gasteiger partial charge is 0.262 e. The molecular weight excluding hydrogens is 326 g/mol. The van der Waals surface area contributed by atoms with Gasteiger partial charge in [0.25, 0.3) is 5.56 Å². The van der Waals surface area contributed by atoms with Crippen LogP contribution in [-0.2, 0) is 11.3 Å². The molecule has 0 unspecified atom stereocenters. The summed E-state index contributed by atoms with van der Waals surface area (Å²) < 4.78 is 3.45. The molecule has 4 heterocycles. The highest BCUT2D eigenvalue weighted by Crippen LogP contribution is 2.21. The molecule has 0 bridgehead atoms. The Kier molecular flexibility index (Phi) is 3.89. The van der Waals surface area contributed by atoms with Crippen molar-refractivity contribution in [2.45, 2.75) is 25.4 Å². The lowest BCUT2D eigenvalue weighted by Gasteiger charge is -2.33. The van der Waals surface area contributed by atoms with Gasteiger partial charge in [-0.3, -0.25) is 14.2 Å². The first-order valence-electron chi connectivity index (χ1n) is 7.90. The second-order valence-corrected chi connectivity index (χ2v) is 6.86. The van der Waals surface area contributed by atoms with Gasteiger partial charge in [-0.05, 0) is 24.3 Å². The molecule has 1 saturated heterocycles. The number of aromatic nitrogens is 4. The Hall–Kier alpha value is -2.48. The van der Waals surface area contributed by atoms with Gasteiger partial charge in [-0.15, -0.1) is 11.3 Å². The second-order valence-electron chi connectivity index (χ2n) is 5.96. The molecule has 1 atom stereocenters. The maximum absolute atomic E-state index is 12.6. The van der Waals surface area contributed by atoms with Gasteiger partial charge in [-0.25, -0.2) is 9.97 Å². The fourth-order valence-corrected chi connectivity index (χ4v) is 3.89. The predicted molar refractivity (Wildman–Crippen MR) is 91.0 cm³/mol. The first-order valence-corrected chi connectivity index (χ1v) is 8.78. The van der Waals surface area contributed by atoms with Crippen LogP contribution >= 0.6 is 11.3 Å². The minimum atomic E-state index is -0.155. The monoisotopic (exact) mass is 343 g/mol. The minimum absolute atomic E-state index is 0.0360. The van der Waals surface area contributed by atoms with Gasteiger partial charge in [0.2, 0.25) is 5.91 Å². The van der Waals surface area contributed by atoms with Crippen LogP contribution in [0.15, 0.2) is 41.3 Å². The molecular formula is C16H17N5O2S. The summed E-state index contributed by atoms with van der Waals surface area (Å²) in [4.78, 5) is 35.9. The van der Waals surface area contributed by atoms with E-state index in [0.717, 1.165) is 19.4 Å². The fourth-order valence-electron chi connectivity index (χ4n) is 3.16. The van der Waals surface area contributed by atoms with Crippen LogP contribution in [0.4, 0.5) is 0 Å². The van der Waals surface area contributed by atoms with E-state index in [-0.39, 0.29) is 24.1 Å². The van der Waals surface area contributed by atoms with E-state index in [1.807, 2.05) is 21.0 Å². The lowest BCUT2D eigenvalue weighted by molar-refractivity contribution is -0.133. The van der Waals surface area contributed by atoms with Crippen molar-refractivity contribution in [1.29, 1.82) is 0 Å². The molecule has 3 aromatic heterocycles. The topological polar surface area (TPSA) is 73.0 Å². The number of fused-ring (bicyclic) bond motifs is 1. The number of piperidine rings is 1. The molecule has 0 spiro atoms. The summed E-state index contributed by atoms with van der Waals surface area (Å²) in [6.07, 6.45) is 8.92. The Labute approximate surface area is 142 Å². The second kappa shape index (κ2) is 6.20. The molecule has 1 aliphatic rings. The van der Waals surface area contributed by atoms with Crippen molar-refractivity contribution in [1.82, 2.24) is 24.0 Å². The zero-order valence-electron chi connectivity index (χ0n) is 13.0. The number of thiophene rings is 1. The van der Waals surface area contributed by atoms with Crippen LogP contribution < -0.4 is 5.56 Å². The summed E-state index contributed by atoms with van der Waals surface area (Å²) in [5, 5.41) is 2.41. The molecule has 24 heavy (non-hydrogen) atoms. The van der Waals surface area contributed by atoms with E-state index in [1.165, 1.54) is 22.2 Å². The number of carbonyl (C=O) groups is 1. The molecule has 8 heteroatoms. The van der Waals surface area contributed by atoms with Crippen molar-refractivity contribution in [3.63, 3.8) is 0 Å². The molecule has 7 nitrogen and oxygen atoms in total. The highest BCUT2D eigenvalue weighted by atomic mass is 32.1. The fraction of sp³-hybridized carbons (Fsp3) is 0.375. The largest absolute Gasteiger partial charge is 0.339 e. The molecule has 1 amide bonds. The number of nitrogens with zero attached hydrogens (tertiary/aromatic N) is 5. The number of hydrogen-bond acceptors (Lipinski definition) is 5. The van der Waals surface area contributed by atoms with Crippen molar-refractivity contribution in [3.8, 4) is 0 Å². The van der Waals surface area contributed by atoms with Crippen LogP contribution in [0.2, 0.25) is 0 Å². The molecule has 3 aromatic rings. The molecule has 4 rings (SSSR count). The van der Waals surface area contributed by atoms with E-state index < -0.39 is 0 Å². The summed E-state index contributed by atoms with van der Waals surface area (Å²) in [5.74, 6) is -0.0432. The van der Waals surface area contributed by atoms with Gasteiger partial charge in [0.05, 0.1) is 24.1 Å². The van der Waals surface area contributed by atoms with Gasteiger partial charge in [-0.2, -0.15) is 0 Å². The molecule has 124 valence electrons. The number of amides is 1. The Morgan fingerprint density at radius 2 is 2.29 bits per heavy atom. The first kappa shape index (κ1) is 15.1. The summed E-state index contributed by atoms with van der Waals surface area (Å²) >= 11 is 1.43. The Morgan fingerprint density at radius 3 is 3.12 bits per heavy atom. The third-order valence-electron chi connectivity index (χ3n) is 4.45. The Balaban J connectivity index is 1.50. The van der Waals surface area contributed by atoms with Gasteiger partial charge in [-0.1, -0.05) is 0 Å². The maximum atomic E-state index is 12.6. The van der Waals surface area contributed by atoms with Crippen LogP contribution in [-0.4, -0.2) is 43.0 Å². The normalized spacial score (nSPS) is 18.2. The van der Waals surface area contributed by atoms with E-state index >= 15 is 0 Å². The Morgan fingerprint density at radius 1 is 1.38 bits per heavy atom. The Bertz CT molecular complexity index is 914. The van der Waals surface area contributed by atoms with Crippen LogP contribution in [0.25, 0.3) is 10.2 Å². The predicted octanol–water partition coefficient (Wildman–Crippen LogP) is 1.52. The summed E-state index contributed by atoms with van der Waals surface area (Å²) in [6, 6.07) is 2.01. The van der Waals surface area contributed by atoms with Crippen molar-refractivity contribution in [2.24, 2.45) is 0 Å². The van der Waals surface area contributed by atoms with E-state index in [4.69, 9.17) is 0 Å². The summed E-state index contributed by atoms with van der Waals surface area (Å²) in [6.45, 7) is 1.42.